The van der Waals surface area contributed by atoms with Gasteiger partial charge in [0.25, 0.3) is 0 Å². The second kappa shape index (κ2) is 10.2. The third kappa shape index (κ3) is 7.94. The van der Waals surface area contributed by atoms with Crippen LogP contribution in [0.2, 0.25) is 0 Å². The molecule has 1 aromatic rings. The van der Waals surface area contributed by atoms with Crippen molar-refractivity contribution in [2.45, 2.75) is 18.8 Å². The molecule has 0 aliphatic heterocycles. The summed E-state index contributed by atoms with van der Waals surface area (Å²) in [5.41, 5.74) is 12.9. The molecule has 1 aromatic carbocycles. The molecule has 0 heterocycles. The minimum Gasteiger partial charge on any atom is -0.379 e. The van der Waals surface area contributed by atoms with E-state index in [1.165, 1.54) is 29.1 Å². The van der Waals surface area contributed by atoms with E-state index in [0.717, 1.165) is 17.7 Å². The van der Waals surface area contributed by atoms with Crippen molar-refractivity contribution in [3.8, 4) is 0 Å². The van der Waals surface area contributed by atoms with E-state index in [-0.39, 0.29) is 22.2 Å². The van der Waals surface area contributed by atoms with Gasteiger partial charge in [0.1, 0.15) is 0 Å². The number of benzene rings is 1. The fraction of sp³-hybridized carbons (Fsp3) is 0.400. The summed E-state index contributed by atoms with van der Waals surface area (Å²) < 4.78 is 0. The number of amidine groups is 2. The zero-order chi connectivity index (χ0) is 17.2. The van der Waals surface area contributed by atoms with Crippen LogP contribution in [0.3, 0.4) is 0 Å². The second-order valence-electron chi connectivity index (χ2n) is 4.95. The molecule has 0 aromatic heterocycles. The fourth-order valence-corrected chi connectivity index (χ4v) is 3.27. The summed E-state index contributed by atoms with van der Waals surface area (Å²) in [6.45, 7) is 0. The van der Waals surface area contributed by atoms with Gasteiger partial charge in [-0.05, 0) is 17.5 Å². The van der Waals surface area contributed by atoms with Crippen molar-refractivity contribution in [3.05, 3.63) is 35.4 Å². The lowest BCUT2D eigenvalue weighted by molar-refractivity contribution is -0.120. The molecule has 6 nitrogen and oxygen atoms in total. The fourth-order valence-electron chi connectivity index (χ4n) is 2.02. The van der Waals surface area contributed by atoms with Gasteiger partial charge in [0, 0.05) is 30.9 Å². The highest BCUT2D eigenvalue weighted by molar-refractivity contribution is 8.13. The summed E-state index contributed by atoms with van der Waals surface area (Å²) in [5.74, 6) is 1.37. The third-order valence-corrected chi connectivity index (χ3v) is 4.85. The monoisotopic (exact) mass is 353 g/mol. The van der Waals surface area contributed by atoms with E-state index in [2.05, 4.69) is 5.32 Å². The molecule has 0 radical (unpaired) electrons. The van der Waals surface area contributed by atoms with Crippen LogP contribution in [0.4, 0.5) is 0 Å². The summed E-state index contributed by atoms with van der Waals surface area (Å²) >= 11 is 2.57. The molecule has 0 saturated carbocycles. The largest absolute Gasteiger partial charge is 0.379 e. The predicted octanol–water partition coefficient (Wildman–Crippen LogP) is 1.70. The summed E-state index contributed by atoms with van der Waals surface area (Å²) in [4.78, 5) is 11.7. The van der Waals surface area contributed by atoms with Crippen molar-refractivity contribution < 1.29 is 4.79 Å². The number of rotatable bonds is 8. The zero-order valence-corrected chi connectivity index (χ0v) is 14.7. The van der Waals surface area contributed by atoms with Gasteiger partial charge in [0.2, 0.25) is 5.91 Å². The SMILES string of the molecule is CNC(=O)C[C@@H](CSC(=N)N)c1ccc(CCSC(=N)N)cc1. The highest BCUT2D eigenvalue weighted by Gasteiger charge is 2.16. The number of amides is 1. The quantitative estimate of drug-likeness (QED) is 0.359. The van der Waals surface area contributed by atoms with Crippen molar-refractivity contribution in [3.63, 3.8) is 0 Å². The average Bonchev–Trinajstić information content (AvgIpc) is 2.51. The molecule has 1 atom stereocenters. The molecule has 1 amide bonds. The van der Waals surface area contributed by atoms with Gasteiger partial charge in [-0.2, -0.15) is 0 Å². The average molecular weight is 354 g/mol. The number of hydrogen-bond acceptors (Lipinski definition) is 5. The Kier molecular flexibility index (Phi) is 8.57. The van der Waals surface area contributed by atoms with Gasteiger partial charge in [-0.1, -0.05) is 47.8 Å². The van der Waals surface area contributed by atoms with Gasteiger partial charge in [0.15, 0.2) is 10.3 Å². The van der Waals surface area contributed by atoms with E-state index in [1.54, 1.807) is 7.05 Å². The van der Waals surface area contributed by atoms with Crippen molar-refractivity contribution in [1.29, 1.82) is 10.8 Å². The Morgan fingerprint density at radius 3 is 2.30 bits per heavy atom. The Morgan fingerprint density at radius 1 is 1.17 bits per heavy atom. The Bertz CT molecular complexity index is 547. The topological polar surface area (TPSA) is 129 Å². The van der Waals surface area contributed by atoms with Crippen LogP contribution >= 0.6 is 23.5 Å². The first kappa shape index (κ1) is 19.4. The lowest BCUT2D eigenvalue weighted by atomic mass is 9.96. The smallest absolute Gasteiger partial charge is 0.220 e. The van der Waals surface area contributed by atoms with Crippen LogP contribution in [0.25, 0.3) is 0 Å². The molecule has 0 bridgehead atoms. The summed E-state index contributed by atoms with van der Waals surface area (Å²) in [7, 11) is 1.62. The summed E-state index contributed by atoms with van der Waals surface area (Å²) in [5, 5.41) is 17.3. The first-order valence-electron chi connectivity index (χ1n) is 7.15. The van der Waals surface area contributed by atoms with Crippen LogP contribution in [0.1, 0.15) is 23.5 Å². The molecule has 126 valence electrons. The highest BCUT2D eigenvalue weighted by atomic mass is 32.2. The molecule has 23 heavy (non-hydrogen) atoms. The van der Waals surface area contributed by atoms with Crippen LogP contribution in [-0.4, -0.2) is 34.8 Å². The lowest BCUT2D eigenvalue weighted by Gasteiger charge is -2.16. The first-order chi connectivity index (χ1) is 10.9. The van der Waals surface area contributed by atoms with Crippen LogP contribution in [-0.2, 0) is 11.2 Å². The Labute approximate surface area is 145 Å². The van der Waals surface area contributed by atoms with E-state index in [4.69, 9.17) is 22.3 Å². The zero-order valence-electron chi connectivity index (χ0n) is 13.1. The van der Waals surface area contributed by atoms with Crippen LogP contribution in [0.15, 0.2) is 24.3 Å². The van der Waals surface area contributed by atoms with Gasteiger partial charge in [-0.3, -0.25) is 15.6 Å². The predicted molar refractivity (Wildman–Crippen MR) is 100 cm³/mol. The number of carbonyl (C=O) groups excluding carboxylic acids is 1. The summed E-state index contributed by atoms with van der Waals surface area (Å²) in [6.07, 6.45) is 1.21. The first-order valence-corrected chi connectivity index (χ1v) is 9.12. The van der Waals surface area contributed by atoms with Gasteiger partial charge in [0.05, 0.1) is 0 Å². The molecule has 0 unspecified atom stereocenters. The normalized spacial score (nSPS) is 11.7. The summed E-state index contributed by atoms with van der Waals surface area (Å²) in [6, 6.07) is 8.10. The Balaban J connectivity index is 2.70. The van der Waals surface area contributed by atoms with E-state index in [1.807, 2.05) is 24.3 Å². The van der Waals surface area contributed by atoms with Crippen LogP contribution in [0.5, 0.6) is 0 Å². The number of thioether (sulfide) groups is 2. The molecule has 0 saturated heterocycles. The van der Waals surface area contributed by atoms with Gasteiger partial charge in [-0.25, -0.2) is 0 Å². The number of carbonyl (C=O) groups is 1. The Hall–Kier alpha value is -1.67. The number of nitrogens with two attached hydrogens (primary N) is 2. The maximum absolute atomic E-state index is 11.7. The number of aryl methyl sites for hydroxylation is 1. The van der Waals surface area contributed by atoms with E-state index in [0.29, 0.717) is 12.2 Å². The third-order valence-electron chi connectivity index (χ3n) is 3.25. The van der Waals surface area contributed by atoms with Gasteiger partial charge >= 0.3 is 0 Å². The minimum atomic E-state index is -0.0268. The maximum Gasteiger partial charge on any atom is 0.220 e. The minimum absolute atomic E-state index is 0.0181. The lowest BCUT2D eigenvalue weighted by Crippen LogP contribution is -2.22. The van der Waals surface area contributed by atoms with Crippen LogP contribution < -0.4 is 16.8 Å². The van der Waals surface area contributed by atoms with Crippen molar-refractivity contribution >= 4 is 39.8 Å². The molecular weight excluding hydrogens is 330 g/mol. The van der Waals surface area contributed by atoms with Gasteiger partial charge < -0.3 is 16.8 Å². The highest BCUT2D eigenvalue weighted by Crippen LogP contribution is 2.25. The standard InChI is InChI=1S/C15H23N5OS2/c1-20-13(21)8-12(9-23-15(18)19)11-4-2-10(3-5-11)6-7-22-14(16)17/h2-5,12H,6-9H2,1H3,(H3,16,17)(H3,18,19)(H,20,21)/t12-/m0/s1. The van der Waals surface area contributed by atoms with Gasteiger partial charge in [-0.15, -0.1) is 0 Å². The molecule has 0 fully saturated rings. The molecule has 8 heteroatoms. The second-order valence-corrected chi connectivity index (χ2v) is 7.15. The van der Waals surface area contributed by atoms with E-state index < -0.39 is 0 Å². The van der Waals surface area contributed by atoms with Crippen molar-refractivity contribution in [2.75, 3.05) is 18.6 Å². The number of hydrogen-bond donors (Lipinski definition) is 5. The molecule has 7 N–H and O–H groups in total. The molecule has 1 rings (SSSR count). The Morgan fingerprint density at radius 2 is 1.78 bits per heavy atom. The van der Waals surface area contributed by atoms with Crippen LogP contribution in [0, 0.1) is 10.8 Å². The maximum atomic E-state index is 11.7. The van der Waals surface area contributed by atoms with Crippen molar-refractivity contribution in [1.82, 2.24) is 5.32 Å². The molecule has 0 aliphatic rings. The van der Waals surface area contributed by atoms with E-state index in [9.17, 15) is 4.79 Å². The number of nitrogens with one attached hydrogen (secondary N) is 3. The van der Waals surface area contributed by atoms with E-state index >= 15 is 0 Å². The van der Waals surface area contributed by atoms with Crippen molar-refractivity contribution in [2.24, 2.45) is 11.5 Å². The molecule has 0 aliphatic carbocycles. The molecule has 0 spiro atoms. The molecular formula is C15H23N5OS2.